The molecule has 0 aliphatic carbocycles. The third-order valence-electron chi connectivity index (χ3n) is 4.01. The molecule has 3 rings (SSSR count). The number of aromatic nitrogens is 1. The number of halogens is 2. The monoisotopic (exact) mass is 370 g/mol. The summed E-state index contributed by atoms with van der Waals surface area (Å²) in [5.41, 5.74) is 1.21. The van der Waals surface area contributed by atoms with Gasteiger partial charge in [0.1, 0.15) is 11.4 Å². The minimum absolute atomic E-state index is 0.0248. The lowest BCUT2D eigenvalue weighted by atomic mass is 10.1. The van der Waals surface area contributed by atoms with Crippen molar-refractivity contribution in [1.82, 2.24) is 4.57 Å². The highest BCUT2D eigenvalue weighted by Gasteiger charge is 2.14. The summed E-state index contributed by atoms with van der Waals surface area (Å²) in [5.74, 6) is -0.938. The molecule has 6 heteroatoms. The first-order chi connectivity index (χ1) is 12.5. The molecule has 0 saturated carbocycles. The van der Waals surface area contributed by atoms with Crippen LogP contribution in [0.5, 0.6) is 0 Å². The highest BCUT2D eigenvalue weighted by molar-refractivity contribution is 6.31. The smallest absolute Gasteiger partial charge is 0.263 e. The van der Waals surface area contributed by atoms with Crippen LogP contribution >= 0.6 is 11.6 Å². The maximum absolute atomic E-state index is 13.8. The van der Waals surface area contributed by atoms with Crippen LogP contribution < -0.4 is 10.9 Å². The van der Waals surface area contributed by atoms with Gasteiger partial charge in [0.2, 0.25) is 0 Å². The Morgan fingerprint density at radius 2 is 1.92 bits per heavy atom. The zero-order valence-electron chi connectivity index (χ0n) is 14.0. The van der Waals surface area contributed by atoms with E-state index in [-0.39, 0.29) is 12.1 Å². The second-order valence-electron chi connectivity index (χ2n) is 5.86. The number of nitrogens with zero attached hydrogens (tertiary/aromatic N) is 1. The third kappa shape index (κ3) is 3.83. The van der Waals surface area contributed by atoms with Crippen LogP contribution in [0.15, 0.2) is 65.6 Å². The fourth-order valence-corrected chi connectivity index (χ4v) is 2.73. The van der Waals surface area contributed by atoms with Gasteiger partial charge in [-0.1, -0.05) is 35.9 Å². The molecule has 26 heavy (non-hydrogen) atoms. The molecule has 0 unspecified atom stereocenters. The first-order valence-corrected chi connectivity index (χ1v) is 8.34. The van der Waals surface area contributed by atoms with Crippen LogP contribution in [0.3, 0.4) is 0 Å². The predicted octanol–water partition coefficient (Wildman–Crippen LogP) is 4.25. The van der Waals surface area contributed by atoms with Gasteiger partial charge in [0.15, 0.2) is 0 Å². The van der Waals surface area contributed by atoms with Gasteiger partial charge in [0.05, 0.1) is 6.54 Å². The molecule has 132 valence electrons. The van der Waals surface area contributed by atoms with Gasteiger partial charge in [-0.25, -0.2) is 4.39 Å². The molecule has 0 bridgehead atoms. The van der Waals surface area contributed by atoms with E-state index in [1.54, 1.807) is 42.5 Å². The quantitative estimate of drug-likeness (QED) is 0.746. The molecule has 0 saturated heterocycles. The summed E-state index contributed by atoms with van der Waals surface area (Å²) in [6.45, 7) is 1.87. The molecule has 1 heterocycles. The summed E-state index contributed by atoms with van der Waals surface area (Å²) in [4.78, 5) is 25.2. The van der Waals surface area contributed by atoms with Crippen molar-refractivity contribution in [3.05, 3.63) is 98.7 Å². The lowest BCUT2D eigenvalue weighted by Gasteiger charge is -2.11. The van der Waals surface area contributed by atoms with Gasteiger partial charge < -0.3 is 9.88 Å². The maximum atomic E-state index is 13.8. The molecule has 0 fully saturated rings. The Kier molecular flexibility index (Phi) is 5.19. The van der Waals surface area contributed by atoms with Crippen molar-refractivity contribution in [2.45, 2.75) is 13.5 Å². The molecule has 1 aromatic heterocycles. The number of hydrogen-bond acceptors (Lipinski definition) is 2. The van der Waals surface area contributed by atoms with Crippen LogP contribution in [0.2, 0.25) is 5.02 Å². The number of benzene rings is 2. The van der Waals surface area contributed by atoms with Gasteiger partial charge in [-0.15, -0.1) is 0 Å². The van der Waals surface area contributed by atoms with Crippen molar-refractivity contribution >= 4 is 23.2 Å². The number of pyridine rings is 1. The molecular formula is C20H16ClFN2O2. The lowest BCUT2D eigenvalue weighted by molar-refractivity contribution is 0.102. The third-order valence-corrected chi connectivity index (χ3v) is 4.25. The molecule has 0 spiro atoms. The van der Waals surface area contributed by atoms with Crippen molar-refractivity contribution in [3.8, 4) is 0 Å². The van der Waals surface area contributed by atoms with Crippen molar-refractivity contribution in [2.75, 3.05) is 5.32 Å². The van der Waals surface area contributed by atoms with Crippen LogP contribution in [-0.4, -0.2) is 10.5 Å². The van der Waals surface area contributed by atoms with E-state index < -0.39 is 17.3 Å². The molecule has 4 nitrogen and oxygen atoms in total. The number of carbonyl (C=O) groups excluding carboxylic acids is 1. The average Bonchev–Trinajstić information content (AvgIpc) is 2.61. The molecule has 0 atom stereocenters. The Bertz CT molecular complexity index is 1030. The summed E-state index contributed by atoms with van der Waals surface area (Å²) >= 11 is 5.96. The fourth-order valence-electron chi connectivity index (χ4n) is 2.56. The summed E-state index contributed by atoms with van der Waals surface area (Å²) in [7, 11) is 0. The highest BCUT2D eigenvalue weighted by Crippen LogP contribution is 2.20. The molecule has 3 aromatic rings. The van der Waals surface area contributed by atoms with Crippen molar-refractivity contribution in [2.24, 2.45) is 0 Å². The Labute approximate surface area is 154 Å². The molecule has 1 amide bonds. The van der Waals surface area contributed by atoms with Gasteiger partial charge >= 0.3 is 0 Å². The minimum Gasteiger partial charge on any atom is -0.322 e. The van der Waals surface area contributed by atoms with E-state index in [4.69, 9.17) is 11.6 Å². The molecule has 0 aliphatic rings. The van der Waals surface area contributed by atoms with Gasteiger partial charge in [-0.3, -0.25) is 9.59 Å². The van der Waals surface area contributed by atoms with Crippen molar-refractivity contribution in [3.63, 3.8) is 0 Å². The van der Waals surface area contributed by atoms with Crippen molar-refractivity contribution < 1.29 is 9.18 Å². The number of anilines is 1. The second-order valence-corrected chi connectivity index (χ2v) is 6.30. The Balaban J connectivity index is 1.89. The van der Waals surface area contributed by atoms with Crippen LogP contribution in [0.25, 0.3) is 0 Å². The van der Waals surface area contributed by atoms with Crippen LogP contribution in [0.1, 0.15) is 21.5 Å². The number of amides is 1. The van der Waals surface area contributed by atoms with Crippen LogP contribution in [0, 0.1) is 12.7 Å². The Hall–Kier alpha value is -2.92. The summed E-state index contributed by atoms with van der Waals surface area (Å²) < 4.78 is 15.1. The molecule has 0 radical (unpaired) electrons. The first-order valence-electron chi connectivity index (χ1n) is 7.96. The standard InChI is InChI=1S/C20H16ClFN2O2/c1-13-8-9-15(21)11-18(13)23-19(25)16-6-4-10-24(20(16)26)12-14-5-2-3-7-17(14)22/h2-11H,12H2,1H3,(H,23,25). The highest BCUT2D eigenvalue weighted by atomic mass is 35.5. The maximum Gasteiger partial charge on any atom is 0.263 e. The van der Waals surface area contributed by atoms with E-state index in [0.717, 1.165) is 5.56 Å². The minimum atomic E-state index is -0.539. The topological polar surface area (TPSA) is 51.1 Å². The number of nitrogens with one attached hydrogen (secondary N) is 1. The van der Waals surface area contributed by atoms with Gasteiger partial charge in [0.25, 0.3) is 11.5 Å². The van der Waals surface area contributed by atoms with E-state index in [1.165, 1.54) is 22.9 Å². The predicted molar refractivity (Wildman–Crippen MR) is 100 cm³/mol. The largest absolute Gasteiger partial charge is 0.322 e. The lowest BCUT2D eigenvalue weighted by Crippen LogP contribution is -2.29. The SMILES string of the molecule is Cc1ccc(Cl)cc1NC(=O)c1cccn(Cc2ccccc2F)c1=O. The number of hydrogen-bond donors (Lipinski definition) is 1. The van der Waals surface area contributed by atoms with E-state index in [9.17, 15) is 14.0 Å². The molecule has 0 aliphatic heterocycles. The normalized spacial score (nSPS) is 10.6. The van der Waals surface area contributed by atoms with Crippen LogP contribution in [-0.2, 0) is 6.54 Å². The summed E-state index contributed by atoms with van der Waals surface area (Å²) in [6.07, 6.45) is 1.52. The first kappa shape index (κ1) is 17.9. The number of carbonyl (C=O) groups is 1. The Morgan fingerprint density at radius 3 is 2.69 bits per heavy atom. The molecule has 2 aromatic carbocycles. The molecule has 1 N–H and O–H groups in total. The fraction of sp³-hybridized carbons (Fsp3) is 0.100. The molecular weight excluding hydrogens is 355 g/mol. The zero-order chi connectivity index (χ0) is 18.7. The second kappa shape index (κ2) is 7.54. The average molecular weight is 371 g/mol. The summed E-state index contributed by atoms with van der Waals surface area (Å²) in [6, 6.07) is 14.4. The van der Waals surface area contributed by atoms with Gasteiger partial charge in [-0.05, 0) is 42.8 Å². The number of rotatable bonds is 4. The van der Waals surface area contributed by atoms with E-state index >= 15 is 0 Å². The van der Waals surface area contributed by atoms with E-state index in [2.05, 4.69) is 5.32 Å². The zero-order valence-corrected chi connectivity index (χ0v) is 14.8. The number of aryl methyl sites for hydroxylation is 1. The van der Waals surface area contributed by atoms with Gasteiger partial charge in [-0.2, -0.15) is 0 Å². The van der Waals surface area contributed by atoms with Gasteiger partial charge in [0, 0.05) is 22.5 Å². The van der Waals surface area contributed by atoms with Crippen LogP contribution in [0.4, 0.5) is 10.1 Å². The van der Waals surface area contributed by atoms with E-state index in [0.29, 0.717) is 16.3 Å². The van der Waals surface area contributed by atoms with Crippen molar-refractivity contribution in [1.29, 1.82) is 0 Å². The summed E-state index contributed by atoms with van der Waals surface area (Å²) in [5, 5.41) is 3.18. The Morgan fingerprint density at radius 1 is 1.15 bits per heavy atom. The van der Waals surface area contributed by atoms with E-state index in [1.807, 2.05) is 6.92 Å².